The molecule has 1 aliphatic carbocycles. The quantitative estimate of drug-likeness (QED) is 0.634. The predicted molar refractivity (Wildman–Crippen MR) is 57.9 cm³/mol. The largest absolute Gasteiger partial charge is 0.370 e. The maximum absolute atomic E-state index is 10.5. The molecule has 0 radical (unpaired) electrons. The number of carbonyl (C=O) groups is 1. The van der Waals surface area contributed by atoms with E-state index in [1.165, 1.54) is 32.1 Å². The Morgan fingerprint density at radius 2 is 2.07 bits per heavy atom. The van der Waals surface area contributed by atoms with Gasteiger partial charge in [-0.2, -0.15) is 0 Å². The number of primary amides is 1. The van der Waals surface area contributed by atoms with Crippen LogP contribution in [0.15, 0.2) is 0 Å². The zero-order chi connectivity index (χ0) is 10.4. The first-order valence-electron chi connectivity index (χ1n) is 5.67. The summed E-state index contributed by atoms with van der Waals surface area (Å²) in [5.74, 6) is -0.213. The first kappa shape index (κ1) is 11.5. The molecule has 3 nitrogen and oxygen atoms in total. The van der Waals surface area contributed by atoms with Gasteiger partial charge in [-0.05, 0) is 24.7 Å². The van der Waals surface area contributed by atoms with Gasteiger partial charge in [0, 0.05) is 19.5 Å². The molecule has 1 aliphatic rings. The van der Waals surface area contributed by atoms with E-state index in [2.05, 4.69) is 12.2 Å². The highest BCUT2D eigenvalue weighted by Gasteiger charge is 2.31. The summed E-state index contributed by atoms with van der Waals surface area (Å²) in [6.07, 6.45) is 7.12. The predicted octanol–water partition coefficient (Wildman–Crippen LogP) is 1.42. The van der Waals surface area contributed by atoms with E-state index in [0.29, 0.717) is 11.8 Å². The molecule has 1 amide bonds. The van der Waals surface area contributed by atoms with Crippen molar-refractivity contribution in [1.29, 1.82) is 0 Å². The Hall–Kier alpha value is -0.570. The highest BCUT2D eigenvalue weighted by atomic mass is 16.1. The van der Waals surface area contributed by atoms with E-state index in [-0.39, 0.29) is 5.91 Å². The monoisotopic (exact) mass is 198 g/mol. The highest BCUT2D eigenvalue weighted by Crippen LogP contribution is 2.40. The summed E-state index contributed by atoms with van der Waals surface area (Å²) in [7, 11) is 0. The van der Waals surface area contributed by atoms with Gasteiger partial charge in [-0.25, -0.2) is 0 Å². The van der Waals surface area contributed by atoms with Crippen LogP contribution in [0.4, 0.5) is 0 Å². The van der Waals surface area contributed by atoms with E-state index in [4.69, 9.17) is 5.73 Å². The van der Waals surface area contributed by atoms with Crippen LogP contribution in [0.5, 0.6) is 0 Å². The summed E-state index contributed by atoms with van der Waals surface area (Å²) in [5, 5.41) is 3.35. The van der Waals surface area contributed by atoms with Gasteiger partial charge in [0.15, 0.2) is 0 Å². The summed E-state index contributed by atoms with van der Waals surface area (Å²) in [4.78, 5) is 10.5. The lowest BCUT2D eigenvalue weighted by Crippen LogP contribution is -2.33. The van der Waals surface area contributed by atoms with Gasteiger partial charge in [0.05, 0.1) is 0 Å². The molecule has 0 saturated heterocycles. The van der Waals surface area contributed by atoms with Crippen LogP contribution in [-0.4, -0.2) is 19.0 Å². The minimum Gasteiger partial charge on any atom is -0.370 e. The topological polar surface area (TPSA) is 55.1 Å². The molecular weight excluding hydrogens is 176 g/mol. The molecule has 82 valence electrons. The van der Waals surface area contributed by atoms with Crippen molar-refractivity contribution in [3.63, 3.8) is 0 Å². The molecule has 1 fully saturated rings. The summed E-state index contributed by atoms with van der Waals surface area (Å²) >= 11 is 0. The number of rotatable bonds is 6. The molecule has 0 unspecified atom stereocenters. The van der Waals surface area contributed by atoms with Crippen LogP contribution in [0.3, 0.4) is 0 Å². The highest BCUT2D eigenvalue weighted by molar-refractivity contribution is 5.73. The van der Waals surface area contributed by atoms with Gasteiger partial charge >= 0.3 is 0 Å². The Kier molecular flexibility index (Phi) is 4.39. The molecule has 1 rings (SSSR count). The zero-order valence-electron chi connectivity index (χ0n) is 9.14. The summed E-state index contributed by atoms with van der Waals surface area (Å²) in [6.45, 7) is 4.05. The molecule has 0 aromatic rings. The van der Waals surface area contributed by atoms with Crippen molar-refractivity contribution in [2.45, 2.75) is 45.4 Å². The molecule has 0 atom stereocenters. The average Bonchev–Trinajstić information content (AvgIpc) is 2.62. The lowest BCUT2D eigenvalue weighted by Gasteiger charge is -2.27. The molecule has 0 aliphatic heterocycles. The third-order valence-corrected chi connectivity index (χ3v) is 3.46. The first-order chi connectivity index (χ1) is 6.68. The van der Waals surface area contributed by atoms with Crippen LogP contribution >= 0.6 is 0 Å². The molecule has 3 heteroatoms. The van der Waals surface area contributed by atoms with Crippen molar-refractivity contribution in [1.82, 2.24) is 5.32 Å². The number of nitrogens with two attached hydrogens (primary N) is 1. The average molecular weight is 198 g/mol. The second-order valence-corrected chi connectivity index (χ2v) is 4.45. The lowest BCUT2D eigenvalue weighted by atomic mass is 9.83. The Balaban J connectivity index is 2.18. The first-order valence-corrected chi connectivity index (χ1v) is 5.67. The van der Waals surface area contributed by atoms with Gasteiger partial charge < -0.3 is 11.1 Å². The maximum Gasteiger partial charge on any atom is 0.218 e. The number of hydrogen-bond donors (Lipinski definition) is 2. The van der Waals surface area contributed by atoms with Crippen molar-refractivity contribution in [2.75, 3.05) is 13.1 Å². The van der Waals surface area contributed by atoms with Crippen molar-refractivity contribution in [3.8, 4) is 0 Å². The smallest absolute Gasteiger partial charge is 0.218 e. The summed E-state index contributed by atoms with van der Waals surface area (Å²) in [5.41, 5.74) is 5.58. The SMILES string of the molecule is CCC1(CNCCC(N)=O)CCCC1. The van der Waals surface area contributed by atoms with E-state index in [1.807, 2.05) is 0 Å². The minimum atomic E-state index is -0.213. The van der Waals surface area contributed by atoms with Gasteiger partial charge in [-0.3, -0.25) is 4.79 Å². The maximum atomic E-state index is 10.5. The van der Waals surface area contributed by atoms with Gasteiger partial charge in [0.1, 0.15) is 0 Å². The Labute approximate surface area is 86.4 Å². The fourth-order valence-electron chi connectivity index (χ4n) is 2.35. The summed E-state index contributed by atoms with van der Waals surface area (Å²) < 4.78 is 0. The molecule has 3 N–H and O–H groups in total. The van der Waals surface area contributed by atoms with Crippen LogP contribution < -0.4 is 11.1 Å². The number of carbonyl (C=O) groups excluding carboxylic acids is 1. The van der Waals surface area contributed by atoms with Crippen LogP contribution in [-0.2, 0) is 4.79 Å². The molecule has 0 aromatic carbocycles. The summed E-state index contributed by atoms with van der Waals surface area (Å²) in [6, 6.07) is 0. The van der Waals surface area contributed by atoms with Crippen LogP contribution in [0.2, 0.25) is 0 Å². The van der Waals surface area contributed by atoms with Crippen molar-refractivity contribution < 1.29 is 4.79 Å². The Morgan fingerprint density at radius 3 is 2.57 bits per heavy atom. The second-order valence-electron chi connectivity index (χ2n) is 4.45. The van der Waals surface area contributed by atoms with Gasteiger partial charge in [-0.1, -0.05) is 19.8 Å². The van der Waals surface area contributed by atoms with E-state index in [0.717, 1.165) is 13.1 Å². The fraction of sp³-hybridized carbons (Fsp3) is 0.909. The third kappa shape index (κ3) is 3.29. The zero-order valence-corrected chi connectivity index (χ0v) is 9.14. The number of nitrogens with one attached hydrogen (secondary N) is 1. The van der Waals surface area contributed by atoms with Gasteiger partial charge in [0.2, 0.25) is 5.91 Å². The standard InChI is InChI=1S/C11H22N2O/c1-2-11(6-3-4-7-11)9-13-8-5-10(12)14/h13H,2-9H2,1H3,(H2,12,14). The van der Waals surface area contributed by atoms with E-state index in [9.17, 15) is 4.79 Å². The van der Waals surface area contributed by atoms with Crippen LogP contribution in [0.1, 0.15) is 45.4 Å². The van der Waals surface area contributed by atoms with Crippen LogP contribution in [0.25, 0.3) is 0 Å². The molecule has 0 aromatic heterocycles. The molecular formula is C11H22N2O. The molecule has 1 saturated carbocycles. The normalized spacial score (nSPS) is 19.8. The van der Waals surface area contributed by atoms with Crippen molar-refractivity contribution >= 4 is 5.91 Å². The minimum absolute atomic E-state index is 0.213. The van der Waals surface area contributed by atoms with Crippen LogP contribution in [0, 0.1) is 5.41 Å². The molecule has 0 spiro atoms. The van der Waals surface area contributed by atoms with Gasteiger partial charge in [-0.15, -0.1) is 0 Å². The van der Waals surface area contributed by atoms with Crippen molar-refractivity contribution in [3.05, 3.63) is 0 Å². The lowest BCUT2D eigenvalue weighted by molar-refractivity contribution is -0.117. The molecule has 0 heterocycles. The molecule has 0 bridgehead atoms. The van der Waals surface area contributed by atoms with Gasteiger partial charge in [0.25, 0.3) is 0 Å². The van der Waals surface area contributed by atoms with E-state index >= 15 is 0 Å². The fourth-order valence-corrected chi connectivity index (χ4v) is 2.35. The number of hydrogen-bond acceptors (Lipinski definition) is 2. The second kappa shape index (κ2) is 5.35. The Bertz CT molecular complexity index is 186. The number of amides is 1. The Morgan fingerprint density at radius 1 is 1.43 bits per heavy atom. The third-order valence-electron chi connectivity index (χ3n) is 3.46. The molecule has 14 heavy (non-hydrogen) atoms. The van der Waals surface area contributed by atoms with E-state index in [1.54, 1.807) is 0 Å². The van der Waals surface area contributed by atoms with Crippen molar-refractivity contribution in [2.24, 2.45) is 11.1 Å². The van der Waals surface area contributed by atoms with E-state index < -0.39 is 0 Å².